The molecule has 0 rings (SSSR count). The minimum atomic E-state index is -1.16. The van der Waals surface area contributed by atoms with Gasteiger partial charge in [-0.05, 0) is 66.7 Å². The fourth-order valence-electron chi connectivity index (χ4n) is 5.97. The number of ether oxygens (including phenoxy) is 5. The van der Waals surface area contributed by atoms with Crippen LogP contribution in [0.3, 0.4) is 0 Å². The van der Waals surface area contributed by atoms with Gasteiger partial charge < -0.3 is 55.6 Å². The molecule has 504 valence electrons. The number of carbonyl (C=O) groups is 9. The maximum Gasteiger partial charge on any atom is 0.373 e. The lowest BCUT2D eigenvalue weighted by Gasteiger charge is -2.34. The lowest BCUT2D eigenvalue weighted by atomic mass is 10.0. The predicted molar refractivity (Wildman–Crippen MR) is 310 cm³/mol. The van der Waals surface area contributed by atoms with E-state index in [4.69, 9.17) is 88.6 Å². The molecule has 0 heterocycles. The van der Waals surface area contributed by atoms with Gasteiger partial charge in [0.2, 0.25) is 0 Å². The molecule has 32 nitrogen and oxygen atoms in total. The number of hydrogen-bond donors (Lipinski definition) is 6. The Morgan fingerprint density at radius 2 is 0.591 bits per heavy atom. The van der Waals surface area contributed by atoms with E-state index in [9.17, 15) is 53.4 Å². The maximum atomic E-state index is 12.7. The quantitative estimate of drug-likeness (QED) is 0.0169. The van der Waals surface area contributed by atoms with E-state index in [0.29, 0.717) is 44.3 Å². The summed E-state index contributed by atoms with van der Waals surface area (Å²) in [5.74, 6) is -8.61. The monoisotopic (exact) mass is 1340 g/mol. The molecule has 0 radical (unpaired) electrons. The zero-order chi connectivity index (χ0) is 70.2. The van der Waals surface area contributed by atoms with Gasteiger partial charge in [0, 0.05) is 54.8 Å². The van der Waals surface area contributed by atoms with E-state index in [-0.39, 0.29) is 112 Å². The zero-order valence-electron chi connectivity index (χ0n) is 50.8. The number of hydrogen-bond acceptors (Lipinski definition) is 32. The van der Waals surface area contributed by atoms with Gasteiger partial charge in [-0.3, -0.25) is 48.2 Å². The molecule has 88 heavy (non-hydrogen) atoms. The molecule has 8 N–H and O–H groups in total. The van der Waals surface area contributed by atoms with E-state index in [1.165, 1.54) is 21.6 Å². The molecule has 0 aromatic rings. The van der Waals surface area contributed by atoms with Crippen molar-refractivity contribution in [3.8, 4) is 0 Å². The first-order chi connectivity index (χ1) is 41.5. The van der Waals surface area contributed by atoms with Crippen LogP contribution in [0.4, 0.5) is 0 Å². The van der Waals surface area contributed by atoms with Crippen molar-refractivity contribution in [1.82, 2.24) is 9.80 Å². The standard InChI is InChI=1S/C34H60N2O12S2.C7H12O2.C6H12N2O4S2.5CO2/c1-9-23(31(41)45-13-5)17-35(18-24(10-2)32(42)46-14-6)27(29(37)38)21-49-50-22-28(30(39)40)36(19-25(11-3)33(43)47-15-7)20-26(12-4)34(44)48-16-8;1-4-6(3)7(8)9-5-2;7-3(5(9)10)1-13-14-2-4(8)6(11)12;5*2-1-3/h23-28H,9-22H2,1-8H3,(H,37,38)(H,39,40);3-5H2,1-2H3;3-4H,1-2,7-8H2,(H,9,10)(H,11,12);;;;;. The Balaban J connectivity index is -0.000000225. The summed E-state index contributed by atoms with van der Waals surface area (Å²) >= 11 is 0. The molecule has 0 bridgehead atoms. The van der Waals surface area contributed by atoms with Crippen LogP contribution in [0, 0.1) is 23.7 Å². The highest BCUT2D eigenvalue weighted by molar-refractivity contribution is 8.77. The van der Waals surface area contributed by atoms with E-state index in [1.54, 1.807) is 72.1 Å². The number of aliphatic carboxylic acids is 4. The number of carboxylic acids is 4. The SMILES string of the molecule is C=C(CC)C(=O)OCC.CCOC(=O)C(CC)CN(CC(CC)C(=O)OCC)C(CSSCC(C(=O)O)N(CC(CC)C(=O)OCC)CC(CC)C(=O)OCC)C(=O)O.NC(CSSCC(N)C(=O)O)C(=O)O.O=C=O.O=C=O.O=C=O.O=C=O.O=C=O. The number of nitrogens with zero attached hydrogens (tertiary/aromatic N) is 2. The van der Waals surface area contributed by atoms with Crippen molar-refractivity contribution >= 4 is 128 Å². The maximum absolute atomic E-state index is 12.7. The number of carboxylic acid groups (broad SMARTS) is 4. The summed E-state index contributed by atoms with van der Waals surface area (Å²) in [6.07, 6.45) is 3.49. The van der Waals surface area contributed by atoms with E-state index < -0.39 is 95.6 Å². The summed E-state index contributed by atoms with van der Waals surface area (Å²) in [7, 11) is 4.71. The Labute approximate surface area is 525 Å². The van der Waals surface area contributed by atoms with Gasteiger partial charge >= 0.3 is 84.5 Å². The minimum absolute atomic E-state index is 0.00564. The van der Waals surface area contributed by atoms with Crippen LogP contribution in [0.25, 0.3) is 0 Å². The smallest absolute Gasteiger partial charge is 0.373 e. The summed E-state index contributed by atoms with van der Waals surface area (Å²) in [5.41, 5.74) is 11.0. The molecular formula is C52H84N4O28S4. The highest BCUT2D eigenvalue weighted by atomic mass is 33.1. The lowest BCUT2D eigenvalue weighted by Crippen LogP contribution is -2.50. The number of rotatable bonds is 39. The summed E-state index contributed by atoms with van der Waals surface area (Å²) in [5, 5.41) is 37.5. The highest BCUT2D eigenvalue weighted by Crippen LogP contribution is 2.29. The van der Waals surface area contributed by atoms with Crippen molar-refractivity contribution in [3.05, 3.63) is 12.2 Å². The average Bonchev–Trinajstić information content (AvgIpc) is 3.66. The Kier molecular flexibility index (Phi) is 76.6. The van der Waals surface area contributed by atoms with Crippen molar-refractivity contribution in [3.63, 3.8) is 0 Å². The fourth-order valence-corrected chi connectivity index (χ4v) is 10.7. The second kappa shape index (κ2) is 69.2. The van der Waals surface area contributed by atoms with Gasteiger partial charge in [-0.15, -0.1) is 0 Å². The van der Waals surface area contributed by atoms with Crippen LogP contribution in [0.5, 0.6) is 0 Å². The third kappa shape index (κ3) is 56.9. The summed E-state index contributed by atoms with van der Waals surface area (Å²) < 4.78 is 25.5. The van der Waals surface area contributed by atoms with Gasteiger partial charge in [-0.1, -0.05) is 84.4 Å². The first-order valence-electron chi connectivity index (χ1n) is 26.4. The number of nitrogens with two attached hydrogens (primary N) is 2. The van der Waals surface area contributed by atoms with Crippen molar-refractivity contribution in [1.29, 1.82) is 0 Å². The molecule has 0 amide bonds. The Bertz CT molecular complexity index is 1920. The van der Waals surface area contributed by atoms with Gasteiger partial charge in [0.15, 0.2) is 0 Å². The molecule has 8 atom stereocenters. The molecule has 0 saturated heterocycles. The molecule has 0 aliphatic rings. The minimum Gasteiger partial charge on any atom is -0.480 e. The van der Waals surface area contributed by atoms with Crippen molar-refractivity contribution in [2.75, 3.05) is 82.2 Å². The molecular weight excluding hydrogens is 1260 g/mol. The molecule has 0 saturated carbocycles. The van der Waals surface area contributed by atoms with Gasteiger partial charge in [0.25, 0.3) is 0 Å². The summed E-state index contributed by atoms with van der Waals surface area (Å²) in [6, 6.07) is -4.09. The van der Waals surface area contributed by atoms with Crippen LogP contribution >= 0.6 is 43.2 Å². The van der Waals surface area contributed by atoms with Crippen molar-refractivity contribution in [2.45, 2.75) is 126 Å². The first-order valence-corrected chi connectivity index (χ1v) is 31.4. The van der Waals surface area contributed by atoms with E-state index >= 15 is 0 Å². The second-order valence-electron chi connectivity index (χ2n) is 16.2. The van der Waals surface area contributed by atoms with Crippen LogP contribution < -0.4 is 11.5 Å². The molecule has 8 unspecified atom stereocenters. The third-order valence-corrected chi connectivity index (χ3v) is 15.3. The van der Waals surface area contributed by atoms with E-state index in [2.05, 4.69) is 11.3 Å². The molecule has 0 aromatic heterocycles. The Morgan fingerprint density at radius 3 is 0.750 bits per heavy atom. The van der Waals surface area contributed by atoms with Crippen LogP contribution in [0.1, 0.15) is 101 Å². The molecule has 0 spiro atoms. The van der Waals surface area contributed by atoms with E-state index in [0.717, 1.165) is 21.6 Å². The Hall–Kier alpha value is -6.89. The normalized spacial score (nSPS) is 12.2. The second-order valence-corrected chi connectivity index (χ2v) is 21.3. The summed E-state index contributed by atoms with van der Waals surface area (Å²) in [6.45, 7) is 22.4. The lowest BCUT2D eigenvalue weighted by molar-refractivity contribution is -0.193. The van der Waals surface area contributed by atoms with Crippen molar-refractivity contribution < 1.29 is 135 Å². The van der Waals surface area contributed by atoms with Crippen LogP contribution in [0.15, 0.2) is 12.2 Å². The van der Waals surface area contributed by atoms with Crippen LogP contribution in [-0.2, 0) is 115 Å². The molecule has 0 aromatic carbocycles. The van der Waals surface area contributed by atoms with E-state index in [1.807, 2.05) is 6.92 Å². The number of carbonyl (C=O) groups excluding carboxylic acids is 15. The summed E-state index contributed by atoms with van der Waals surface area (Å²) in [4.78, 5) is 192. The molecule has 0 aliphatic carbocycles. The Morgan fingerprint density at radius 1 is 0.386 bits per heavy atom. The topological polar surface area (TPSA) is 510 Å². The molecule has 36 heteroatoms. The first kappa shape index (κ1) is 97.4. The molecule has 0 aliphatic heterocycles. The molecule has 0 fully saturated rings. The fraction of sp³-hybridized carbons (Fsp3) is 0.692. The van der Waals surface area contributed by atoms with Crippen LogP contribution in [-0.4, -0.2) is 221 Å². The van der Waals surface area contributed by atoms with Crippen molar-refractivity contribution in [2.24, 2.45) is 35.1 Å². The number of esters is 5. The van der Waals surface area contributed by atoms with Gasteiger partial charge in [-0.2, -0.15) is 47.9 Å². The van der Waals surface area contributed by atoms with Gasteiger partial charge in [0.1, 0.15) is 24.2 Å². The van der Waals surface area contributed by atoms with Gasteiger partial charge in [0.05, 0.1) is 56.7 Å². The largest absolute Gasteiger partial charge is 0.480 e. The third-order valence-electron chi connectivity index (χ3n) is 10.5. The zero-order valence-corrected chi connectivity index (χ0v) is 54.1. The average molecular weight is 1340 g/mol. The van der Waals surface area contributed by atoms with Crippen LogP contribution in [0.2, 0.25) is 0 Å². The van der Waals surface area contributed by atoms with Gasteiger partial charge in [-0.25, -0.2) is 4.79 Å². The predicted octanol–water partition coefficient (Wildman–Crippen LogP) is 2.03. The highest BCUT2D eigenvalue weighted by Gasteiger charge is 2.36.